The van der Waals surface area contributed by atoms with E-state index in [1.807, 2.05) is 48.5 Å². The Morgan fingerprint density at radius 1 is 0.923 bits per heavy atom. The van der Waals surface area contributed by atoms with Crippen molar-refractivity contribution in [3.63, 3.8) is 0 Å². The van der Waals surface area contributed by atoms with Gasteiger partial charge < -0.3 is 19.2 Å². The quantitative estimate of drug-likeness (QED) is 0.810. The summed E-state index contributed by atoms with van der Waals surface area (Å²) in [5.74, 6) is 0.816. The minimum absolute atomic E-state index is 0.114. The molecule has 138 valence electrons. The summed E-state index contributed by atoms with van der Waals surface area (Å²) in [6.45, 7) is 8.81. The Morgan fingerprint density at radius 3 is 2.15 bits per heavy atom. The van der Waals surface area contributed by atoms with Crippen LogP contribution in [0.4, 0.5) is 0 Å². The number of para-hydroxylation sites is 1. The Bertz CT molecular complexity index is 724. The van der Waals surface area contributed by atoms with Crippen LogP contribution < -0.4 is 10.2 Å². The van der Waals surface area contributed by atoms with Gasteiger partial charge in [-0.15, -0.1) is 0 Å². The molecule has 2 aromatic rings. The molecule has 0 saturated carbocycles. The maximum absolute atomic E-state index is 9.16. The molecule has 1 aliphatic rings. The highest BCUT2D eigenvalue weighted by Crippen LogP contribution is 2.36. The molecule has 1 N–H and O–H groups in total. The minimum atomic E-state index is -0.347. The van der Waals surface area contributed by atoms with Gasteiger partial charge in [-0.05, 0) is 56.8 Å². The number of hydrogen-bond donors (Lipinski definition) is 1. The van der Waals surface area contributed by atoms with Crippen molar-refractivity contribution >= 4 is 12.6 Å². The first-order valence-electron chi connectivity index (χ1n) is 9.08. The van der Waals surface area contributed by atoms with Gasteiger partial charge in [-0.1, -0.05) is 42.5 Å². The molecule has 0 aromatic heterocycles. The summed E-state index contributed by atoms with van der Waals surface area (Å²) in [7, 11) is -0.347. The van der Waals surface area contributed by atoms with Gasteiger partial charge in [-0.2, -0.15) is 0 Å². The van der Waals surface area contributed by atoms with Crippen molar-refractivity contribution < 1.29 is 19.2 Å². The minimum Gasteiger partial charge on any atom is -0.489 e. The molecule has 5 heteroatoms. The molecule has 1 fully saturated rings. The van der Waals surface area contributed by atoms with Crippen molar-refractivity contribution in [3.8, 4) is 5.75 Å². The van der Waals surface area contributed by atoms with Gasteiger partial charge in [-0.3, -0.25) is 0 Å². The van der Waals surface area contributed by atoms with Gasteiger partial charge in [0.25, 0.3) is 0 Å². The predicted octanol–water partition coefficient (Wildman–Crippen LogP) is 3.10. The standard InChI is InChI=1S/C21H27BO4/c1-20(2)21(3,4)26-22(25-20)18-11-9-16(10-12-18)15-24-19-8-6-5-7-17(19)13-14-23/h5-12,23H,13-15H2,1-4H3. The van der Waals surface area contributed by atoms with Crippen molar-refractivity contribution in [2.24, 2.45) is 0 Å². The molecule has 3 rings (SSSR count). The lowest BCUT2D eigenvalue weighted by Gasteiger charge is -2.32. The van der Waals surface area contributed by atoms with Crippen molar-refractivity contribution in [1.29, 1.82) is 0 Å². The van der Waals surface area contributed by atoms with Crippen molar-refractivity contribution in [2.75, 3.05) is 6.61 Å². The second-order valence-corrected chi connectivity index (χ2v) is 7.70. The zero-order valence-corrected chi connectivity index (χ0v) is 16.0. The van der Waals surface area contributed by atoms with E-state index in [9.17, 15) is 0 Å². The van der Waals surface area contributed by atoms with Crippen molar-refractivity contribution in [1.82, 2.24) is 0 Å². The van der Waals surface area contributed by atoms with E-state index in [4.69, 9.17) is 19.2 Å². The van der Waals surface area contributed by atoms with Gasteiger partial charge in [0.05, 0.1) is 11.2 Å². The maximum atomic E-state index is 9.16. The van der Waals surface area contributed by atoms with Crippen LogP contribution in [0.25, 0.3) is 0 Å². The first-order valence-corrected chi connectivity index (χ1v) is 9.08. The van der Waals surface area contributed by atoms with Crippen molar-refractivity contribution in [2.45, 2.75) is 51.9 Å². The smallest absolute Gasteiger partial charge is 0.489 e. The molecule has 0 aliphatic carbocycles. The van der Waals surface area contributed by atoms with Crippen LogP contribution in [-0.4, -0.2) is 30.0 Å². The zero-order valence-electron chi connectivity index (χ0n) is 16.0. The van der Waals surface area contributed by atoms with E-state index < -0.39 is 0 Å². The number of benzene rings is 2. The molecular weight excluding hydrogens is 327 g/mol. The lowest BCUT2D eigenvalue weighted by atomic mass is 9.79. The van der Waals surface area contributed by atoms with E-state index in [-0.39, 0.29) is 24.9 Å². The van der Waals surface area contributed by atoms with Crippen LogP contribution in [0, 0.1) is 0 Å². The molecule has 2 aromatic carbocycles. The van der Waals surface area contributed by atoms with Gasteiger partial charge in [0.15, 0.2) is 0 Å². The molecule has 0 amide bonds. The summed E-state index contributed by atoms with van der Waals surface area (Å²) in [4.78, 5) is 0. The van der Waals surface area contributed by atoms with Gasteiger partial charge in [-0.25, -0.2) is 0 Å². The molecule has 0 radical (unpaired) electrons. The first-order chi connectivity index (χ1) is 12.3. The molecule has 1 saturated heterocycles. The highest BCUT2D eigenvalue weighted by Gasteiger charge is 2.51. The third-order valence-corrected chi connectivity index (χ3v) is 5.25. The fourth-order valence-corrected chi connectivity index (χ4v) is 2.88. The van der Waals surface area contributed by atoms with E-state index in [1.54, 1.807) is 0 Å². The second-order valence-electron chi connectivity index (χ2n) is 7.70. The van der Waals surface area contributed by atoms with Crippen LogP contribution in [0.15, 0.2) is 48.5 Å². The number of hydrogen-bond acceptors (Lipinski definition) is 4. The normalized spacial score (nSPS) is 18.1. The molecule has 4 nitrogen and oxygen atoms in total. The van der Waals surface area contributed by atoms with Crippen LogP contribution in [0.2, 0.25) is 0 Å². The highest BCUT2D eigenvalue weighted by atomic mass is 16.7. The second kappa shape index (κ2) is 7.43. The highest BCUT2D eigenvalue weighted by molar-refractivity contribution is 6.62. The zero-order chi connectivity index (χ0) is 18.8. The van der Waals surface area contributed by atoms with Crippen molar-refractivity contribution in [3.05, 3.63) is 59.7 Å². The Labute approximate surface area is 156 Å². The fourth-order valence-electron chi connectivity index (χ4n) is 2.88. The molecule has 0 spiro atoms. The topological polar surface area (TPSA) is 47.9 Å². The van der Waals surface area contributed by atoms with Gasteiger partial charge in [0, 0.05) is 6.61 Å². The average Bonchev–Trinajstić information content (AvgIpc) is 2.82. The molecule has 0 atom stereocenters. The van der Waals surface area contributed by atoms with E-state index in [2.05, 4.69) is 27.7 Å². The Morgan fingerprint density at radius 2 is 1.54 bits per heavy atom. The van der Waals surface area contributed by atoms with Gasteiger partial charge in [0.2, 0.25) is 0 Å². The Hall–Kier alpha value is -1.82. The lowest BCUT2D eigenvalue weighted by molar-refractivity contribution is 0.00578. The van der Waals surface area contributed by atoms with Crippen LogP contribution in [0.3, 0.4) is 0 Å². The van der Waals surface area contributed by atoms with Gasteiger partial charge in [0.1, 0.15) is 12.4 Å². The molecule has 26 heavy (non-hydrogen) atoms. The summed E-state index contributed by atoms with van der Waals surface area (Å²) >= 11 is 0. The average molecular weight is 354 g/mol. The van der Waals surface area contributed by atoms with E-state index >= 15 is 0 Å². The maximum Gasteiger partial charge on any atom is 0.494 e. The third-order valence-electron chi connectivity index (χ3n) is 5.25. The number of aliphatic hydroxyl groups is 1. The molecule has 1 heterocycles. The molecular formula is C21H27BO4. The summed E-state index contributed by atoms with van der Waals surface area (Å²) in [6, 6.07) is 15.9. The monoisotopic (exact) mass is 354 g/mol. The Kier molecular flexibility index (Phi) is 5.42. The SMILES string of the molecule is CC1(C)OB(c2ccc(COc3ccccc3CCO)cc2)OC1(C)C. The van der Waals surface area contributed by atoms with Crippen LogP contribution in [0.5, 0.6) is 5.75 Å². The summed E-state index contributed by atoms with van der Waals surface area (Å²) in [5, 5.41) is 9.16. The van der Waals surface area contributed by atoms with E-state index in [0.717, 1.165) is 22.3 Å². The van der Waals surface area contributed by atoms with Crippen LogP contribution >= 0.6 is 0 Å². The largest absolute Gasteiger partial charge is 0.494 e. The van der Waals surface area contributed by atoms with Crippen LogP contribution in [-0.2, 0) is 22.3 Å². The van der Waals surface area contributed by atoms with Gasteiger partial charge >= 0.3 is 7.12 Å². The number of rotatable bonds is 6. The molecule has 0 unspecified atom stereocenters. The lowest BCUT2D eigenvalue weighted by Crippen LogP contribution is -2.41. The van der Waals surface area contributed by atoms with Crippen LogP contribution in [0.1, 0.15) is 38.8 Å². The first kappa shape index (κ1) is 19.0. The third kappa shape index (κ3) is 3.95. The number of aliphatic hydroxyl groups excluding tert-OH is 1. The predicted molar refractivity (Wildman–Crippen MR) is 104 cm³/mol. The summed E-state index contributed by atoms with van der Waals surface area (Å²) in [5.41, 5.74) is 2.42. The molecule has 1 aliphatic heterocycles. The fraction of sp³-hybridized carbons (Fsp3) is 0.429. The number of ether oxygens (including phenoxy) is 1. The Balaban J connectivity index is 1.64. The van der Waals surface area contributed by atoms with E-state index in [1.165, 1.54) is 0 Å². The molecule has 0 bridgehead atoms. The summed E-state index contributed by atoms with van der Waals surface area (Å²) in [6.07, 6.45) is 0.594. The van der Waals surface area contributed by atoms with E-state index in [0.29, 0.717) is 13.0 Å². The summed E-state index contributed by atoms with van der Waals surface area (Å²) < 4.78 is 18.1.